The van der Waals surface area contributed by atoms with Crippen LogP contribution in [-0.2, 0) is 6.18 Å². The Kier molecular flexibility index (Phi) is 7.33. The molecule has 7 rings (SSSR count). The number of fused-ring (bicyclic) bond motifs is 1. The number of nitrogen functional groups attached to an aromatic ring is 1. The number of hydrogen-bond donors (Lipinski definition) is 2. The summed E-state index contributed by atoms with van der Waals surface area (Å²) in [6, 6.07) is 0.559. The topological polar surface area (TPSA) is 131 Å². The van der Waals surface area contributed by atoms with E-state index in [0.29, 0.717) is 23.6 Å². The molecule has 1 aromatic carbocycles. The third kappa shape index (κ3) is 5.38. The Labute approximate surface area is 280 Å². The summed E-state index contributed by atoms with van der Waals surface area (Å²) in [5.41, 5.74) is 4.02. The lowest BCUT2D eigenvalue weighted by molar-refractivity contribution is -0.137. The molecular weight excluding hydrogens is 654 g/mol. The first kappa shape index (κ1) is 29.6. The fraction of sp³-hybridized carbons (Fsp3) is 0.406. The van der Waals surface area contributed by atoms with E-state index in [1.807, 2.05) is 4.90 Å². The van der Waals surface area contributed by atoms with Gasteiger partial charge < -0.3 is 25.0 Å². The summed E-state index contributed by atoms with van der Waals surface area (Å²) < 4.78 is 90.8. The third-order valence-electron chi connectivity index (χ3n) is 8.95. The predicted octanol–water partition coefficient (Wildman–Crippen LogP) is 6.49. The van der Waals surface area contributed by atoms with Gasteiger partial charge in [-0.05, 0) is 64.9 Å². The van der Waals surface area contributed by atoms with Gasteiger partial charge in [-0.1, -0.05) is 11.6 Å². The van der Waals surface area contributed by atoms with Crippen LogP contribution in [0.3, 0.4) is 0 Å². The maximum Gasteiger partial charge on any atom is 0.417 e. The van der Waals surface area contributed by atoms with Gasteiger partial charge in [0.05, 0.1) is 37.1 Å². The van der Waals surface area contributed by atoms with E-state index in [4.69, 9.17) is 29.5 Å². The second-order valence-electron chi connectivity index (χ2n) is 12.1. The van der Waals surface area contributed by atoms with Crippen LogP contribution in [0, 0.1) is 12.7 Å². The van der Waals surface area contributed by atoms with Crippen molar-refractivity contribution in [3.8, 4) is 23.1 Å². The van der Waals surface area contributed by atoms with Gasteiger partial charge in [-0.3, -0.25) is 5.10 Å². The normalized spacial score (nSPS) is 20.1. The molecule has 0 aliphatic carbocycles. The number of nitrogens with zero attached hydrogens (tertiary/aromatic N) is 7. The second kappa shape index (κ2) is 11.9. The number of hydrogen-bond acceptors (Lipinski definition) is 10. The SMILES string of the molecule is [2H]C([2H])(Oc1nc2c3c(nc(-c4c(C(F)(F)F)c(C)cc5[nH]ncc45)c(F)c3n1)OC[C@H](C)N2[C@H](C)c1cc(Cl)cnc1N)[C@@H]1CCCN1C. The van der Waals surface area contributed by atoms with Gasteiger partial charge in [0, 0.05) is 28.8 Å². The average molecular weight is 688 g/mol. The number of halogens is 5. The molecular formula is C32H32ClF4N9O2. The van der Waals surface area contributed by atoms with Crippen molar-refractivity contribution in [2.24, 2.45) is 0 Å². The standard InChI is InChI=1S/C32H32ClF4N9O2/c1-14-8-21-20(11-40-44-21)22(24(14)32(35,36)37)26-25(34)27-23-29(43-31(42-27)48-13-18-6-5-7-45(18)4)46(15(2)12-47-30(23)41-26)16(3)19-9-17(33)10-39-28(19)38/h8-11,15-16,18H,5-7,12-13H2,1-4H3,(H2,38,39)(H,40,44)/t15-,16+,18-/m0/s1/i13D2. The highest BCUT2D eigenvalue weighted by atomic mass is 35.5. The Balaban J connectivity index is 1.53. The first-order chi connectivity index (χ1) is 23.6. The molecule has 11 nitrogen and oxygen atoms in total. The van der Waals surface area contributed by atoms with E-state index in [1.54, 1.807) is 31.9 Å². The zero-order valence-corrected chi connectivity index (χ0v) is 27.0. The van der Waals surface area contributed by atoms with Crippen molar-refractivity contribution < 1.29 is 29.8 Å². The molecule has 1 saturated heterocycles. The monoisotopic (exact) mass is 687 g/mol. The molecule has 0 radical (unpaired) electrons. The number of benzene rings is 1. The third-order valence-corrected chi connectivity index (χ3v) is 9.15. The number of H-pyrrole nitrogens is 1. The molecule has 1 fully saturated rings. The minimum Gasteiger partial charge on any atom is -0.475 e. The van der Waals surface area contributed by atoms with Crippen LogP contribution in [0.15, 0.2) is 24.5 Å². The van der Waals surface area contributed by atoms with Gasteiger partial charge in [-0.25, -0.2) is 14.4 Å². The molecule has 0 spiro atoms. The molecule has 48 heavy (non-hydrogen) atoms. The average Bonchev–Trinajstić information content (AvgIpc) is 3.67. The predicted molar refractivity (Wildman–Crippen MR) is 173 cm³/mol. The second-order valence-corrected chi connectivity index (χ2v) is 12.6. The van der Waals surface area contributed by atoms with E-state index in [-0.39, 0.29) is 46.0 Å². The van der Waals surface area contributed by atoms with Crippen LogP contribution in [0.1, 0.15) is 52.2 Å². The summed E-state index contributed by atoms with van der Waals surface area (Å²) in [6.07, 6.45) is -1.11. The van der Waals surface area contributed by atoms with E-state index in [0.717, 1.165) is 6.42 Å². The zero-order valence-electron chi connectivity index (χ0n) is 28.3. The zero-order chi connectivity index (χ0) is 35.9. The Morgan fingerprint density at radius 3 is 2.77 bits per heavy atom. The molecule has 16 heteroatoms. The van der Waals surface area contributed by atoms with Crippen LogP contribution in [-0.4, -0.2) is 73.9 Å². The number of anilines is 2. The summed E-state index contributed by atoms with van der Waals surface area (Å²) in [6.45, 7) is 3.11. The van der Waals surface area contributed by atoms with Crippen molar-refractivity contribution in [1.82, 2.24) is 35.0 Å². The number of ether oxygens (including phenoxy) is 2. The number of aryl methyl sites for hydroxylation is 1. The van der Waals surface area contributed by atoms with Gasteiger partial charge in [0.15, 0.2) is 5.82 Å². The smallest absolute Gasteiger partial charge is 0.417 e. The molecule has 0 bridgehead atoms. The molecule has 252 valence electrons. The van der Waals surface area contributed by atoms with Gasteiger partial charge in [0.1, 0.15) is 41.4 Å². The number of pyridine rings is 2. The quantitative estimate of drug-likeness (QED) is 0.191. The van der Waals surface area contributed by atoms with Gasteiger partial charge in [-0.15, -0.1) is 0 Å². The fourth-order valence-electron chi connectivity index (χ4n) is 6.63. The van der Waals surface area contributed by atoms with Crippen molar-refractivity contribution in [2.75, 3.05) is 37.4 Å². The minimum atomic E-state index is -4.90. The number of likely N-dealkylation sites (N-methyl/N-ethyl adjacent to an activating group) is 1. The number of nitrogens with two attached hydrogens (primary N) is 1. The maximum atomic E-state index is 17.2. The molecule has 5 aromatic rings. The lowest BCUT2D eigenvalue weighted by Crippen LogP contribution is -2.39. The molecule has 2 aliphatic heterocycles. The van der Waals surface area contributed by atoms with E-state index < -0.39 is 65.0 Å². The van der Waals surface area contributed by atoms with Gasteiger partial charge in [0.25, 0.3) is 0 Å². The highest BCUT2D eigenvalue weighted by molar-refractivity contribution is 6.30. The summed E-state index contributed by atoms with van der Waals surface area (Å²) in [5, 5.41) is 6.81. The minimum absolute atomic E-state index is 0.0200. The number of rotatable bonds is 6. The number of alkyl halides is 3. The number of likely N-dealkylation sites (tertiary alicyclic amines) is 1. The summed E-state index contributed by atoms with van der Waals surface area (Å²) in [4.78, 5) is 21.1. The van der Waals surface area contributed by atoms with Crippen LogP contribution in [0.5, 0.6) is 11.9 Å². The summed E-state index contributed by atoms with van der Waals surface area (Å²) >= 11 is 6.29. The Morgan fingerprint density at radius 1 is 1.25 bits per heavy atom. The maximum absolute atomic E-state index is 17.2. The lowest BCUT2D eigenvalue weighted by atomic mass is 9.94. The number of aromatic amines is 1. The Bertz CT molecular complexity index is 2150. The van der Waals surface area contributed by atoms with Gasteiger partial charge in [0.2, 0.25) is 5.88 Å². The van der Waals surface area contributed by atoms with Crippen LogP contribution in [0.2, 0.25) is 5.02 Å². The molecule has 0 amide bonds. The van der Waals surface area contributed by atoms with Crippen LogP contribution in [0.25, 0.3) is 33.1 Å². The van der Waals surface area contributed by atoms with E-state index in [2.05, 4.69) is 30.1 Å². The Hall–Kier alpha value is -4.50. The number of nitrogens with one attached hydrogen (secondary N) is 1. The molecule has 3 atom stereocenters. The van der Waals surface area contributed by atoms with E-state index in [9.17, 15) is 13.2 Å². The fourth-order valence-corrected chi connectivity index (χ4v) is 6.79. The lowest BCUT2D eigenvalue weighted by Gasteiger charge is -2.35. The first-order valence-corrected chi connectivity index (χ1v) is 15.6. The largest absolute Gasteiger partial charge is 0.475 e. The van der Waals surface area contributed by atoms with E-state index >= 15 is 4.39 Å². The molecule has 4 aromatic heterocycles. The van der Waals surface area contributed by atoms with Gasteiger partial charge in [-0.2, -0.15) is 28.2 Å². The summed E-state index contributed by atoms with van der Waals surface area (Å²) in [5.74, 6) is -1.23. The van der Waals surface area contributed by atoms with Crippen molar-refractivity contribution >= 4 is 45.0 Å². The van der Waals surface area contributed by atoms with Crippen LogP contribution in [0.4, 0.5) is 29.2 Å². The van der Waals surface area contributed by atoms with Crippen molar-refractivity contribution in [2.45, 2.75) is 57.9 Å². The number of aromatic nitrogens is 6. The van der Waals surface area contributed by atoms with Crippen molar-refractivity contribution in [3.63, 3.8) is 0 Å². The Morgan fingerprint density at radius 2 is 2.04 bits per heavy atom. The highest BCUT2D eigenvalue weighted by Gasteiger charge is 2.40. The highest BCUT2D eigenvalue weighted by Crippen LogP contribution is 2.47. The molecule has 6 heterocycles. The van der Waals surface area contributed by atoms with Crippen molar-refractivity contribution in [3.05, 3.63) is 52.1 Å². The first-order valence-electron chi connectivity index (χ1n) is 16.2. The summed E-state index contributed by atoms with van der Waals surface area (Å²) in [7, 11) is 1.76. The van der Waals surface area contributed by atoms with Crippen molar-refractivity contribution in [1.29, 1.82) is 0 Å². The molecule has 0 saturated carbocycles. The van der Waals surface area contributed by atoms with Gasteiger partial charge >= 0.3 is 12.2 Å². The molecule has 3 N–H and O–H groups in total. The van der Waals surface area contributed by atoms with E-state index in [1.165, 1.54) is 25.4 Å². The molecule has 2 aliphatic rings. The van der Waals surface area contributed by atoms with Crippen LogP contribution < -0.4 is 20.1 Å². The van der Waals surface area contributed by atoms with Crippen LogP contribution >= 0.6 is 11.6 Å². The molecule has 0 unspecified atom stereocenters.